The van der Waals surface area contributed by atoms with Crippen LogP contribution in [0.15, 0.2) is 41.3 Å². The number of hydrogen-bond donors (Lipinski definition) is 2. The molecule has 5 nitrogen and oxygen atoms in total. The summed E-state index contributed by atoms with van der Waals surface area (Å²) in [4.78, 5) is 12.0. The summed E-state index contributed by atoms with van der Waals surface area (Å²) in [6.45, 7) is 3.45. The Labute approximate surface area is 145 Å². The van der Waals surface area contributed by atoms with Crippen LogP contribution in [0.2, 0.25) is 0 Å². The number of rotatable bonds is 6. The third kappa shape index (κ3) is 4.83. The van der Waals surface area contributed by atoms with Gasteiger partial charge in [-0.05, 0) is 49.2 Å². The van der Waals surface area contributed by atoms with Crippen molar-refractivity contribution in [2.24, 2.45) is 0 Å². The molecule has 0 saturated carbocycles. The van der Waals surface area contributed by atoms with Crippen LogP contribution < -0.4 is 10.0 Å². The number of hydrogen-bond acceptors (Lipinski definition) is 3. The van der Waals surface area contributed by atoms with Crippen molar-refractivity contribution < 1.29 is 22.0 Å². The Morgan fingerprint density at radius 1 is 1.00 bits per heavy atom. The minimum Gasteiger partial charge on any atom is -0.351 e. The Morgan fingerprint density at radius 2 is 1.72 bits per heavy atom. The van der Waals surface area contributed by atoms with Gasteiger partial charge in [0.1, 0.15) is 0 Å². The Bertz CT molecular complexity index is 899. The lowest BCUT2D eigenvalue weighted by Crippen LogP contribution is -2.35. The van der Waals surface area contributed by atoms with Crippen LogP contribution in [0.5, 0.6) is 0 Å². The summed E-state index contributed by atoms with van der Waals surface area (Å²) in [6, 6.07) is 7.88. The number of benzene rings is 2. The number of amides is 1. The van der Waals surface area contributed by atoms with Crippen molar-refractivity contribution in [2.75, 3.05) is 13.1 Å². The molecule has 1 amide bonds. The molecule has 0 radical (unpaired) electrons. The van der Waals surface area contributed by atoms with Crippen molar-refractivity contribution in [3.05, 3.63) is 64.7 Å². The molecule has 0 aliphatic heterocycles. The van der Waals surface area contributed by atoms with Gasteiger partial charge in [0, 0.05) is 18.7 Å². The highest BCUT2D eigenvalue weighted by Gasteiger charge is 2.16. The topological polar surface area (TPSA) is 75.3 Å². The predicted octanol–water partition coefficient (Wildman–Crippen LogP) is 2.29. The number of sulfonamides is 1. The van der Waals surface area contributed by atoms with Crippen LogP contribution in [0.25, 0.3) is 0 Å². The highest BCUT2D eigenvalue weighted by atomic mass is 32.2. The monoisotopic (exact) mass is 368 g/mol. The lowest BCUT2D eigenvalue weighted by molar-refractivity contribution is 0.0953. The van der Waals surface area contributed by atoms with E-state index in [-0.39, 0.29) is 23.5 Å². The molecular formula is C17H18F2N2O3S. The first kappa shape index (κ1) is 19.0. The fourth-order valence-corrected chi connectivity index (χ4v) is 3.53. The minimum atomic E-state index is -3.70. The zero-order chi connectivity index (χ0) is 18.6. The van der Waals surface area contributed by atoms with E-state index in [1.54, 1.807) is 26.0 Å². The van der Waals surface area contributed by atoms with Gasteiger partial charge in [0.05, 0.1) is 4.90 Å². The van der Waals surface area contributed by atoms with Crippen LogP contribution in [-0.2, 0) is 10.0 Å². The normalized spacial score (nSPS) is 11.4. The molecular weight excluding hydrogens is 350 g/mol. The molecule has 8 heteroatoms. The molecule has 0 heterocycles. The molecule has 0 fully saturated rings. The fraction of sp³-hybridized carbons (Fsp3) is 0.235. The highest BCUT2D eigenvalue weighted by molar-refractivity contribution is 7.89. The number of carbonyl (C=O) groups excluding carboxylic acids is 1. The molecule has 25 heavy (non-hydrogen) atoms. The summed E-state index contributed by atoms with van der Waals surface area (Å²) in [5.41, 5.74) is 1.39. The maximum Gasteiger partial charge on any atom is 0.251 e. The Hall–Kier alpha value is -2.32. The number of aryl methyl sites for hydroxylation is 2. The SMILES string of the molecule is Cc1ccc(C)c(S(=O)(=O)NCCNC(=O)c2ccc(F)c(F)c2)c1. The number of halogens is 2. The summed E-state index contributed by atoms with van der Waals surface area (Å²) >= 11 is 0. The third-order valence-corrected chi connectivity index (χ3v) is 5.12. The molecule has 0 spiro atoms. The fourth-order valence-electron chi connectivity index (χ4n) is 2.18. The van der Waals surface area contributed by atoms with Crippen molar-refractivity contribution in [1.82, 2.24) is 10.0 Å². The van der Waals surface area contributed by atoms with E-state index >= 15 is 0 Å². The molecule has 0 aromatic heterocycles. The van der Waals surface area contributed by atoms with Crippen molar-refractivity contribution in [3.63, 3.8) is 0 Å². The molecule has 2 aromatic carbocycles. The van der Waals surface area contributed by atoms with Gasteiger partial charge in [-0.3, -0.25) is 4.79 Å². The second-order valence-corrected chi connectivity index (χ2v) is 7.29. The van der Waals surface area contributed by atoms with Crippen LogP contribution in [0.4, 0.5) is 8.78 Å². The van der Waals surface area contributed by atoms with Crippen molar-refractivity contribution in [1.29, 1.82) is 0 Å². The number of nitrogens with one attached hydrogen (secondary N) is 2. The average molecular weight is 368 g/mol. The predicted molar refractivity (Wildman–Crippen MR) is 89.8 cm³/mol. The van der Waals surface area contributed by atoms with E-state index in [0.29, 0.717) is 5.56 Å². The minimum absolute atomic E-state index is 0.00191. The number of carbonyl (C=O) groups is 1. The van der Waals surface area contributed by atoms with Gasteiger partial charge in [-0.2, -0.15) is 0 Å². The Balaban J connectivity index is 1.92. The largest absolute Gasteiger partial charge is 0.351 e. The second-order valence-electron chi connectivity index (χ2n) is 5.55. The first-order chi connectivity index (χ1) is 11.7. The van der Waals surface area contributed by atoms with E-state index in [0.717, 1.165) is 23.8 Å². The van der Waals surface area contributed by atoms with Gasteiger partial charge in [-0.25, -0.2) is 21.9 Å². The molecule has 0 atom stereocenters. The summed E-state index contributed by atoms with van der Waals surface area (Å²) in [6.07, 6.45) is 0. The molecule has 0 aliphatic rings. The average Bonchev–Trinajstić information content (AvgIpc) is 2.56. The summed E-state index contributed by atoms with van der Waals surface area (Å²) in [7, 11) is -3.70. The van der Waals surface area contributed by atoms with Gasteiger partial charge in [0.2, 0.25) is 10.0 Å². The third-order valence-electron chi connectivity index (χ3n) is 3.52. The van der Waals surface area contributed by atoms with E-state index in [1.165, 1.54) is 0 Å². The maximum absolute atomic E-state index is 13.1. The van der Waals surface area contributed by atoms with Crippen LogP contribution in [-0.4, -0.2) is 27.4 Å². The van der Waals surface area contributed by atoms with E-state index < -0.39 is 27.6 Å². The zero-order valence-corrected chi connectivity index (χ0v) is 14.6. The van der Waals surface area contributed by atoms with E-state index in [1.807, 2.05) is 6.07 Å². The van der Waals surface area contributed by atoms with Gasteiger partial charge in [-0.15, -0.1) is 0 Å². The zero-order valence-electron chi connectivity index (χ0n) is 13.8. The molecule has 2 rings (SSSR count). The molecule has 2 N–H and O–H groups in total. The van der Waals surface area contributed by atoms with Crippen LogP contribution in [0.3, 0.4) is 0 Å². The first-order valence-electron chi connectivity index (χ1n) is 7.51. The van der Waals surface area contributed by atoms with E-state index in [2.05, 4.69) is 10.0 Å². The second kappa shape index (κ2) is 7.71. The molecule has 0 saturated heterocycles. The summed E-state index contributed by atoms with van der Waals surface area (Å²) in [5.74, 6) is -2.79. The van der Waals surface area contributed by atoms with Gasteiger partial charge in [0.25, 0.3) is 5.91 Å². The smallest absolute Gasteiger partial charge is 0.251 e. The van der Waals surface area contributed by atoms with Gasteiger partial charge >= 0.3 is 0 Å². The van der Waals surface area contributed by atoms with E-state index in [4.69, 9.17) is 0 Å². The first-order valence-corrected chi connectivity index (χ1v) is 8.99. The maximum atomic E-state index is 13.1. The summed E-state index contributed by atoms with van der Waals surface area (Å²) in [5, 5.41) is 2.44. The molecule has 134 valence electrons. The molecule has 2 aromatic rings. The van der Waals surface area contributed by atoms with Crippen LogP contribution >= 0.6 is 0 Å². The molecule has 0 unspecified atom stereocenters. The van der Waals surface area contributed by atoms with Crippen molar-refractivity contribution in [3.8, 4) is 0 Å². The Kier molecular flexibility index (Phi) is 5.86. The van der Waals surface area contributed by atoms with Gasteiger partial charge in [-0.1, -0.05) is 12.1 Å². The lowest BCUT2D eigenvalue weighted by Gasteiger charge is -2.11. The van der Waals surface area contributed by atoms with Gasteiger partial charge < -0.3 is 5.32 Å². The van der Waals surface area contributed by atoms with Crippen LogP contribution in [0, 0.1) is 25.5 Å². The van der Waals surface area contributed by atoms with E-state index in [9.17, 15) is 22.0 Å². The summed E-state index contributed by atoms with van der Waals surface area (Å²) < 4.78 is 52.9. The quantitative estimate of drug-likeness (QED) is 0.768. The molecule has 0 bridgehead atoms. The Morgan fingerprint density at radius 3 is 2.40 bits per heavy atom. The standard InChI is InChI=1S/C17H18F2N2O3S/c1-11-3-4-12(2)16(9-11)25(23,24)21-8-7-20-17(22)13-5-6-14(18)15(19)10-13/h3-6,9-10,21H,7-8H2,1-2H3,(H,20,22). The highest BCUT2D eigenvalue weighted by Crippen LogP contribution is 2.16. The van der Waals surface area contributed by atoms with Crippen molar-refractivity contribution in [2.45, 2.75) is 18.7 Å². The van der Waals surface area contributed by atoms with Crippen LogP contribution in [0.1, 0.15) is 21.5 Å². The van der Waals surface area contributed by atoms with Gasteiger partial charge in [0.15, 0.2) is 11.6 Å². The lowest BCUT2D eigenvalue weighted by atomic mass is 10.2. The molecule has 0 aliphatic carbocycles. The van der Waals surface area contributed by atoms with Crippen molar-refractivity contribution >= 4 is 15.9 Å².